The van der Waals surface area contributed by atoms with E-state index >= 15 is 0 Å². The molecule has 1 aromatic carbocycles. The van der Waals surface area contributed by atoms with Gasteiger partial charge in [0.2, 0.25) is 0 Å². The van der Waals surface area contributed by atoms with E-state index in [4.69, 9.17) is 10.8 Å². The van der Waals surface area contributed by atoms with E-state index < -0.39 is 29.1 Å². The summed E-state index contributed by atoms with van der Waals surface area (Å²) in [6, 6.07) is 3.21. The molecule has 0 heterocycles. The summed E-state index contributed by atoms with van der Waals surface area (Å²) in [5, 5.41) is 19.6. The van der Waals surface area contributed by atoms with E-state index in [0.717, 1.165) is 6.07 Å². The van der Waals surface area contributed by atoms with E-state index in [0.29, 0.717) is 5.56 Å². The number of nitro benzene ring substituents is 1. The Kier molecular flexibility index (Phi) is 3.56. The Morgan fingerprint density at radius 3 is 2.80 bits per heavy atom. The number of aromatic hydroxyl groups is 1. The van der Waals surface area contributed by atoms with Crippen LogP contribution in [0.1, 0.15) is 18.0 Å². The van der Waals surface area contributed by atoms with E-state index in [1.165, 1.54) is 12.1 Å². The van der Waals surface area contributed by atoms with Gasteiger partial charge in [0.1, 0.15) is 0 Å². The third kappa shape index (κ3) is 2.63. The van der Waals surface area contributed by atoms with Gasteiger partial charge in [-0.1, -0.05) is 6.07 Å². The van der Waals surface area contributed by atoms with Crippen LogP contribution in [0.4, 0.5) is 10.1 Å². The van der Waals surface area contributed by atoms with Gasteiger partial charge in [0.05, 0.1) is 11.6 Å². The molecule has 1 atom stereocenters. The van der Waals surface area contributed by atoms with Crippen LogP contribution >= 0.6 is 0 Å². The van der Waals surface area contributed by atoms with Gasteiger partial charge in [-0.25, -0.2) is 0 Å². The highest BCUT2D eigenvalue weighted by atomic mass is 19.1. The van der Waals surface area contributed by atoms with Crippen molar-refractivity contribution < 1.29 is 14.4 Å². The summed E-state index contributed by atoms with van der Waals surface area (Å²) in [6.07, 6.45) is 0.0991. The molecule has 15 heavy (non-hydrogen) atoms. The number of nitrogens with two attached hydrogens (primary N) is 1. The van der Waals surface area contributed by atoms with Gasteiger partial charge in [0.15, 0.2) is 5.75 Å². The van der Waals surface area contributed by atoms with E-state index in [1.807, 2.05) is 0 Å². The van der Waals surface area contributed by atoms with Gasteiger partial charge >= 0.3 is 5.69 Å². The van der Waals surface area contributed by atoms with E-state index in [1.54, 1.807) is 0 Å². The quantitative estimate of drug-likeness (QED) is 0.589. The highest BCUT2D eigenvalue weighted by Gasteiger charge is 2.16. The maximum Gasteiger partial charge on any atom is 0.311 e. The second-order valence-corrected chi connectivity index (χ2v) is 3.09. The third-order valence-electron chi connectivity index (χ3n) is 2.04. The molecule has 0 amide bonds. The van der Waals surface area contributed by atoms with Crippen molar-refractivity contribution >= 4 is 5.69 Å². The molecule has 0 aliphatic rings. The minimum Gasteiger partial charge on any atom is -0.502 e. The Labute approximate surface area is 85.5 Å². The normalized spacial score (nSPS) is 12.4. The number of phenols is 1. The lowest BCUT2D eigenvalue weighted by Gasteiger charge is -2.09. The van der Waals surface area contributed by atoms with E-state index in [9.17, 15) is 14.5 Å². The maximum atomic E-state index is 12.0. The second-order valence-electron chi connectivity index (χ2n) is 3.09. The van der Waals surface area contributed by atoms with Crippen molar-refractivity contribution in [2.75, 3.05) is 6.67 Å². The minimum absolute atomic E-state index is 0.0991. The van der Waals surface area contributed by atoms with Crippen LogP contribution in [0.2, 0.25) is 0 Å². The summed E-state index contributed by atoms with van der Waals surface area (Å²) >= 11 is 0. The van der Waals surface area contributed by atoms with Crippen LogP contribution in [0.25, 0.3) is 0 Å². The van der Waals surface area contributed by atoms with E-state index in [2.05, 4.69) is 0 Å². The number of hydrogen-bond acceptors (Lipinski definition) is 4. The number of nitrogens with zero attached hydrogens (tertiary/aromatic N) is 1. The number of phenolic OH excluding ortho intramolecular Hbond substituents is 1. The number of benzene rings is 1. The van der Waals surface area contributed by atoms with Crippen LogP contribution in [-0.2, 0) is 0 Å². The van der Waals surface area contributed by atoms with Gasteiger partial charge in [0.25, 0.3) is 0 Å². The summed E-state index contributed by atoms with van der Waals surface area (Å²) in [5.41, 5.74) is 5.61. The Morgan fingerprint density at radius 1 is 1.60 bits per heavy atom. The Hall–Kier alpha value is -1.69. The molecule has 0 unspecified atom stereocenters. The van der Waals surface area contributed by atoms with Gasteiger partial charge < -0.3 is 10.8 Å². The molecule has 0 aromatic heterocycles. The summed E-state index contributed by atoms with van der Waals surface area (Å²) in [5.74, 6) is -0.420. The highest BCUT2D eigenvalue weighted by molar-refractivity contribution is 5.48. The number of halogens is 1. The van der Waals surface area contributed by atoms with Gasteiger partial charge in [-0.05, 0) is 18.1 Å². The van der Waals surface area contributed by atoms with Gasteiger partial charge in [0, 0.05) is 12.1 Å². The van der Waals surface area contributed by atoms with Crippen LogP contribution < -0.4 is 5.73 Å². The minimum atomic E-state index is -0.707. The van der Waals surface area contributed by atoms with Crippen molar-refractivity contribution in [3.63, 3.8) is 0 Å². The Morgan fingerprint density at radius 2 is 2.27 bits per heavy atom. The predicted molar refractivity (Wildman–Crippen MR) is 52.3 cm³/mol. The topological polar surface area (TPSA) is 89.4 Å². The van der Waals surface area contributed by atoms with Crippen molar-refractivity contribution in [2.24, 2.45) is 5.73 Å². The molecular formula is C9H11FN2O3. The zero-order chi connectivity index (χ0) is 11.4. The van der Waals surface area contributed by atoms with Gasteiger partial charge in [-0.15, -0.1) is 0 Å². The average molecular weight is 214 g/mol. The number of rotatable bonds is 4. The molecule has 0 bridgehead atoms. The largest absolute Gasteiger partial charge is 0.502 e. The summed E-state index contributed by atoms with van der Waals surface area (Å²) in [7, 11) is 0. The molecule has 6 heteroatoms. The van der Waals surface area contributed by atoms with Crippen LogP contribution in [0, 0.1) is 10.1 Å². The van der Waals surface area contributed by atoms with Crippen LogP contribution in [0.3, 0.4) is 0 Å². The lowest BCUT2D eigenvalue weighted by atomic mass is 10.0. The maximum absolute atomic E-state index is 12.0. The molecule has 0 spiro atoms. The summed E-state index contributed by atoms with van der Waals surface area (Å²) in [4.78, 5) is 9.78. The molecule has 3 N–H and O–H groups in total. The van der Waals surface area contributed by atoms with E-state index in [-0.39, 0.29) is 6.42 Å². The number of hydrogen-bond donors (Lipinski definition) is 2. The van der Waals surface area contributed by atoms with Gasteiger partial charge in [-0.2, -0.15) is 0 Å². The van der Waals surface area contributed by atoms with Crippen molar-refractivity contribution in [1.82, 2.24) is 0 Å². The lowest BCUT2D eigenvalue weighted by molar-refractivity contribution is -0.385. The molecule has 0 fully saturated rings. The molecule has 0 aliphatic heterocycles. The predicted octanol–water partition coefficient (Wildman–Crippen LogP) is 1.66. The third-order valence-corrected chi connectivity index (χ3v) is 2.04. The first kappa shape index (κ1) is 11.4. The highest BCUT2D eigenvalue weighted by Crippen LogP contribution is 2.28. The number of alkyl halides is 1. The lowest BCUT2D eigenvalue weighted by Crippen LogP contribution is -2.11. The molecule has 0 saturated carbocycles. The average Bonchev–Trinajstić information content (AvgIpc) is 2.18. The molecule has 0 aliphatic carbocycles. The second kappa shape index (κ2) is 4.70. The van der Waals surface area contributed by atoms with Crippen molar-refractivity contribution in [3.05, 3.63) is 33.9 Å². The van der Waals surface area contributed by atoms with Gasteiger partial charge in [-0.3, -0.25) is 14.5 Å². The SMILES string of the molecule is N[C@H](CCF)c1ccc(O)c([N+](=O)[O-])c1. The molecule has 1 aromatic rings. The number of nitro groups is 1. The fraction of sp³-hybridized carbons (Fsp3) is 0.333. The standard InChI is InChI=1S/C9H11FN2O3/c10-4-3-7(11)6-1-2-9(13)8(5-6)12(14)15/h1-2,5,7,13H,3-4,11H2/t7-/m1/s1. The molecule has 82 valence electrons. The fourth-order valence-corrected chi connectivity index (χ4v) is 1.20. The zero-order valence-electron chi connectivity index (χ0n) is 7.89. The molecule has 0 saturated heterocycles. The monoisotopic (exact) mass is 214 g/mol. The first-order chi connectivity index (χ1) is 7.06. The summed E-state index contributed by atoms with van der Waals surface area (Å²) < 4.78 is 12.0. The molecule has 1 rings (SSSR count). The van der Waals surface area contributed by atoms with Crippen molar-refractivity contribution in [1.29, 1.82) is 0 Å². The molecule has 0 radical (unpaired) electrons. The Balaban J connectivity index is 3.02. The van der Waals surface area contributed by atoms with Crippen LogP contribution in [-0.4, -0.2) is 16.7 Å². The molecule has 5 nitrogen and oxygen atoms in total. The van der Waals surface area contributed by atoms with Crippen LogP contribution in [0.15, 0.2) is 18.2 Å². The Bertz CT molecular complexity index is 370. The zero-order valence-corrected chi connectivity index (χ0v) is 7.89. The van der Waals surface area contributed by atoms with Crippen molar-refractivity contribution in [3.8, 4) is 5.75 Å². The first-order valence-electron chi connectivity index (χ1n) is 4.35. The fourth-order valence-electron chi connectivity index (χ4n) is 1.20. The van der Waals surface area contributed by atoms with Crippen LogP contribution in [0.5, 0.6) is 5.75 Å². The van der Waals surface area contributed by atoms with Crippen molar-refractivity contribution in [2.45, 2.75) is 12.5 Å². The smallest absolute Gasteiger partial charge is 0.311 e. The molecular weight excluding hydrogens is 203 g/mol. The first-order valence-corrected chi connectivity index (χ1v) is 4.35. The summed E-state index contributed by atoms with van der Waals surface area (Å²) in [6.45, 7) is -0.587.